The SMILES string of the molecule is COc1ccc(-c2cnc(N3CCC(NCc4ccc(/C=C/C(=O)NO)cc4)CC3)cc2-c2ccc(C#N)c(F)c2)cc1O. The fourth-order valence-electron chi connectivity index (χ4n) is 5.25. The summed E-state index contributed by atoms with van der Waals surface area (Å²) in [5.41, 5.74) is 6.27. The first kappa shape index (κ1) is 30.2. The van der Waals surface area contributed by atoms with Crippen molar-refractivity contribution in [3.8, 4) is 39.8 Å². The maximum absolute atomic E-state index is 14.7. The Morgan fingerprint density at radius 2 is 1.82 bits per heavy atom. The van der Waals surface area contributed by atoms with E-state index in [9.17, 15) is 19.6 Å². The predicted molar refractivity (Wildman–Crippen MR) is 165 cm³/mol. The molecule has 44 heavy (non-hydrogen) atoms. The fourth-order valence-corrected chi connectivity index (χ4v) is 5.25. The third-order valence-corrected chi connectivity index (χ3v) is 7.71. The first-order valence-corrected chi connectivity index (χ1v) is 14.2. The van der Waals surface area contributed by atoms with Crippen molar-refractivity contribution >= 4 is 17.8 Å². The van der Waals surface area contributed by atoms with E-state index in [0.29, 0.717) is 35.0 Å². The molecule has 4 N–H and O–H groups in total. The van der Waals surface area contributed by atoms with Crippen LogP contribution in [0.4, 0.5) is 10.2 Å². The van der Waals surface area contributed by atoms with Crippen LogP contribution in [0.2, 0.25) is 0 Å². The molecule has 2 heterocycles. The lowest BCUT2D eigenvalue weighted by molar-refractivity contribution is -0.124. The van der Waals surface area contributed by atoms with Gasteiger partial charge in [-0.05, 0) is 77.1 Å². The average Bonchev–Trinajstić information content (AvgIpc) is 3.06. The second-order valence-corrected chi connectivity index (χ2v) is 10.5. The molecular formula is C34H32FN5O4. The number of rotatable bonds is 9. The molecule has 224 valence electrons. The van der Waals surface area contributed by atoms with Gasteiger partial charge in [-0.1, -0.05) is 36.4 Å². The lowest BCUT2D eigenvalue weighted by Gasteiger charge is -2.33. The number of hydrogen-bond acceptors (Lipinski definition) is 8. The van der Waals surface area contributed by atoms with E-state index in [4.69, 9.17) is 14.9 Å². The topological polar surface area (TPSA) is 131 Å². The maximum atomic E-state index is 14.7. The largest absolute Gasteiger partial charge is 0.504 e. The molecule has 0 radical (unpaired) electrons. The summed E-state index contributed by atoms with van der Waals surface area (Å²) in [6, 6.07) is 21.6. The lowest BCUT2D eigenvalue weighted by Crippen LogP contribution is -2.42. The van der Waals surface area contributed by atoms with E-state index in [2.05, 4.69) is 10.2 Å². The molecule has 1 amide bonds. The minimum absolute atomic E-state index is 0.0134. The number of carbonyl (C=O) groups excluding carboxylic acids is 1. The maximum Gasteiger partial charge on any atom is 0.267 e. The van der Waals surface area contributed by atoms with Crippen molar-refractivity contribution in [1.29, 1.82) is 5.26 Å². The highest BCUT2D eigenvalue weighted by Crippen LogP contribution is 2.38. The number of halogens is 1. The van der Waals surface area contributed by atoms with Gasteiger partial charge >= 0.3 is 0 Å². The highest BCUT2D eigenvalue weighted by molar-refractivity contribution is 5.90. The molecular weight excluding hydrogens is 561 g/mol. The molecule has 1 saturated heterocycles. The number of aromatic hydroxyl groups is 1. The van der Waals surface area contributed by atoms with Gasteiger partial charge in [-0.2, -0.15) is 5.26 Å². The molecule has 1 fully saturated rings. The quantitative estimate of drug-likeness (QED) is 0.115. The Hall–Kier alpha value is -5.24. The van der Waals surface area contributed by atoms with E-state index in [1.165, 1.54) is 25.3 Å². The van der Waals surface area contributed by atoms with Gasteiger partial charge in [0, 0.05) is 43.5 Å². The number of hydrogen-bond donors (Lipinski definition) is 4. The molecule has 0 unspecified atom stereocenters. The standard InChI is InChI=1S/C34H32FN5O4/c1-44-32-10-9-25(17-31(32)41)29-21-38-33(18-28(29)24-7-8-26(19-36)30(35)16-24)40-14-12-27(13-15-40)37-20-23-4-2-22(3-5-23)6-11-34(42)39-43/h2-11,16-18,21,27,37,41,43H,12-15,20H2,1H3,(H,39,42)/b11-6+. The van der Waals surface area contributed by atoms with E-state index in [1.807, 2.05) is 42.5 Å². The van der Waals surface area contributed by atoms with E-state index >= 15 is 0 Å². The van der Waals surface area contributed by atoms with Crippen molar-refractivity contribution in [2.75, 3.05) is 25.1 Å². The molecule has 1 aromatic heterocycles. The van der Waals surface area contributed by atoms with Crippen LogP contribution >= 0.6 is 0 Å². The summed E-state index contributed by atoms with van der Waals surface area (Å²) in [6.07, 6.45) is 6.45. The molecule has 3 aromatic carbocycles. The molecule has 0 atom stereocenters. The number of phenols is 1. The van der Waals surface area contributed by atoms with E-state index < -0.39 is 11.7 Å². The number of hydroxylamine groups is 1. The van der Waals surface area contributed by atoms with Crippen molar-refractivity contribution in [1.82, 2.24) is 15.8 Å². The van der Waals surface area contributed by atoms with Gasteiger partial charge in [0.25, 0.3) is 5.91 Å². The van der Waals surface area contributed by atoms with Crippen molar-refractivity contribution in [2.45, 2.75) is 25.4 Å². The molecule has 10 heteroatoms. The van der Waals surface area contributed by atoms with E-state index in [1.54, 1.807) is 36.0 Å². The third kappa shape index (κ3) is 7.03. The Morgan fingerprint density at radius 3 is 2.48 bits per heavy atom. The second-order valence-electron chi connectivity index (χ2n) is 10.5. The number of anilines is 1. The van der Waals surface area contributed by atoms with Gasteiger partial charge in [-0.3, -0.25) is 10.0 Å². The van der Waals surface area contributed by atoms with Crippen LogP contribution in [0.3, 0.4) is 0 Å². The highest BCUT2D eigenvalue weighted by atomic mass is 19.1. The summed E-state index contributed by atoms with van der Waals surface area (Å²) in [5, 5.41) is 31.8. The Morgan fingerprint density at radius 1 is 1.09 bits per heavy atom. The van der Waals surface area contributed by atoms with Gasteiger partial charge in [-0.15, -0.1) is 0 Å². The molecule has 0 aliphatic carbocycles. The van der Waals surface area contributed by atoms with Gasteiger partial charge in [-0.25, -0.2) is 14.9 Å². The monoisotopic (exact) mass is 593 g/mol. The highest BCUT2D eigenvalue weighted by Gasteiger charge is 2.22. The van der Waals surface area contributed by atoms with Crippen molar-refractivity contribution in [2.24, 2.45) is 0 Å². The number of phenolic OH excluding ortho intramolecular Hbond substituents is 1. The summed E-state index contributed by atoms with van der Waals surface area (Å²) in [7, 11) is 1.48. The minimum Gasteiger partial charge on any atom is -0.504 e. The summed E-state index contributed by atoms with van der Waals surface area (Å²) >= 11 is 0. The zero-order valence-electron chi connectivity index (χ0n) is 24.1. The van der Waals surface area contributed by atoms with Crippen molar-refractivity contribution in [3.63, 3.8) is 0 Å². The number of amides is 1. The number of pyridine rings is 1. The summed E-state index contributed by atoms with van der Waals surface area (Å²) in [6.45, 7) is 2.28. The number of ether oxygens (including phenoxy) is 1. The average molecular weight is 594 g/mol. The smallest absolute Gasteiger partial charge is 0.267 e. The fraction of sp³-hybridized carbons (Fsp3) is 0.206. The molecule has 0 spiro atoms. The number of methoxy groups -OCH3 is 1. The van der Waals surface area contributed by atoms with Crippen LogP contribution in [-0.2, 0) is 11.3 Å². The van der Waals surface area contributed by atoms with E-state index in [-0.39, 0.29) is 11.3 Å². The number of carbonyl (C=O) groups is 1. The number of nitrogens with zero attached hydrogens (tertiary/aromatic N) is 3. The molecule has 5 rings (SSSR count). The number of nitriles is 1. The number of nitrogens with one attached hydrogen (secondary N) is 2. The second kappa shape index (κ2) is 13.8. The Labute approximate surface area is 254 Å². The molecule has 1 aliphatic heterocycles. The number of aromatic nitrogens is 1. The molecule has 0 bridgehead atoms. The molecule has 9 nitrogen and oxygen atoms in total. The minimum atomic E-state index is -0.598. The first-order chi connectivity index (χ1) is 21.4. The first-order valence-electron chi connectivity index (χ1n) is 14.2. The zero-order valence-corrected chi connectivity index (χ0v) is 24.1. The van der Waals surface area contributed by atoms with Gasteiger partial charge in [0.15, 0.2) is 11.5 Å². The predicted octanol–water partition coefficient (Wildman–Crippen LogP) is 5.42. The normalized spacial score (nSPS) is 13.5. The Kier molecular flexibility index (Phi) is 9.49. The van der Waals surface area contributed by atoms with Gasteiger partial charge in [0.05, 0.1) is 12.7 Å². The van der Waals surface area contributed by atoms with Gasteiger partial charge < -0.3 is 20.1 Å². The number of piperidine rings is 1. The van der Waals surface area contributed by atoms with Crippen LogP contribution < -0.4 is 20.4 Å². The Bertz CT molecular complexity index is 1710. The molecule has 1 aliphatic rings. The van der Waals surface area contributed by atoms with Crippen LogP contribution in [0.5, 0.6) is 11.5 Å². The summed E-state index contributed by atoms with van der Waals surface area (Å²) in [4.78, 5) is 18.1. The summed E-state index contributed by atoms with van der Waals surface area (Å²) in [5.74, 6) is -0.0764. The van der Waals surface area contributed by atoms with Crippen LogP contribution in [0.25, 0.3) is 28.3 Å². The summed E-state index contributed by atoms with van der Waals surface area (Å²) < 4.78 is 19.9. The van der Waals surface area contributed by atoms with Crippen LogP contribution in [-0.4, -0.2) is 47.4 Å². The zero-order chi connectivity index (χ0) is 31.1. The molecule has 0 saturated carbocycles. The van der Waals surface area contributed by atoms with Crippen molar-refractivity contribution in [3.05, 3.63) is 102 Å². The van der Waals surface area contributed by atoms with Gasteiger partial charge in [0.2, 0.25) is 0 Å². The Balaban J connectivity index is 1.29. The van der Waals surface area contributed by atoms with Crippen LogP contribution in [0.15, 0.2) is 79.0 Å². The van der Waals surface area contributed by atoms with Crippen molar-refractivity contribution < 1.29 is 24.2 Å². The third-order valence-electron chi connectivity index (χ3n) is 7.71. The van der Waals surface area contributed by atoms with Crippen LogP contribution in [0.1, 0.15) is 29.5 Å². The lowest BCUT2D eigenvalue weighted by atomic mass is 9.95. The van der Waals surface area contributed by atoms with Gasteiger partial charge in [0.1, 0.15) is 17.7 Å². The molecule has 4 aromatic rings. The van der Waals surface area contributed by atoms with E-state index in [0.717, 1.165) is 48.4 Å². The number of benzene rings is 3. The van der Waals surface area contributed by atoms with Crippen LogP contribution in [0, 0.1) is 17.1 Å².